The molecule has 0 unspecified atom stereocenters. The minimum atomic E-state index is -0.494. The van der Waals surface area contributed by atoms with E-state index in [1.807, 2.05) is 93.2 Å². The molecule has 1 atom stereocenters. The Morgan fingerprint density at radius 1 is 0.951 bits per heavy atom. The Labute approximate surface area is 241 Å². The molecule has 41 heavy (non-hydrogen) atoms. The van der Waals surface area contributed by atoms with Crippen molar-refractivity contribution in [1.82, 2.24) is 20.1 Å². The first-order chi connectivity index (χ1) is 19.7. The average Bonchev–Trinajstić information content (AvgIpc) is 3.24. The van der Waals surface area contributed by atoms with Crippen LogP contribution in [0.25, 0.3) is 33.3 Å². The Morgan fingerprint density at radius 2 is 1.66 bits per heavy atom. The van der Waals surface area contributed by atoms with Crippen LogP contribution in [0.15, 0.2) is 91.1 Å². The summed E-state index contributed by atoms with van der Waals surface area (Å²) in [7, 11) is 1.95. The lowest BCUT2D eigenvalue weighted by atomic mass is 9.98. The van der Waals surface area contributed by atoms with Crippen LogP contribution in [-0.4, -0.2) is 39.1 Å². The van der Waals surface area contributed by atoms with Crippen molar-refractivity contribution < 1.29 is 14.3 Å². The van der Waals surface area contributed by atoms with Gasteiger partial charge in [-0.1, -0.05) is 66.7 Å². The smallest absolute Gasteiger partial charge is 0.407 e. The molecule has 0 fully saturated rings. The zero-order chi connectivity index (χ0) is 29.0. The zero-order valence-electron chi connectivity index (χ0n) is 24.2. The van der Waals surface area contributed by atoms with E-state index < -0.39 is 17.7 Å². The van der Waals surface area contributed by atoms with Crippen LogP contribution in [0.1, 0.15) is 32.0 Å². The molecule has 210 valence electrons. The van der Waals surface area contributed by atoms with Gasteiger partial charge in [0.15, 0.2) is 0 Å². The molecule has 0 spiro atoms. The molecule has 7 nitrogen and oxygen atoms in total. The van der Waals surface area contributed by atoms with Gasteiger partial charge >= 0.3 is 6.09 Å². The maximum Gasteiger partial charge on any atom is 0.407 e. The van der Waals surface area contributed by atoms with Crippen molar-refractivity contribution in [2.75, 3.05) is 6.61 Å². The third-order valence-electron chi connectivity index (χ3n) is 6.84. The van der Waals surface area contributed by atoms with E-state index in [9.17, 15) is 4.79 Å². The zero-order valence-corrected chi connectivity index (χ0v) is 24.2. The van der Waals surface area contributed by atoms with E-state index in [1.165, 1.54) is 0 Å². The Balaban J connectivity index is 1.45. The maximum absolute atomic E-state index is 12.6. The van der Waals surface area contributed by atoms with Crippen LogP contribution in [0.4, 0.5) is 4.79 Å². The van der Waals surface area contributed by atoms with Crippen molar-refractivity contribution >= 4 is 17.0 Å². The van der Waals surface area contributed by atoms with E-state index in [4.69, 9.17) is 14.5 Å². The third-order valence-corrected chi connectivity index (χ3v) is 6.84. The van der Waals surface area contributed by atoms with Crippen LogP contribution in [-0.2, 0) is 18.2 Å². The molecule has 0 saturated carbocycles. The number of nitrogens with zero attached hydrogens (tertiary/aromatic N) is 3. The molecule has 3 aromatic carbocycles. The first-order valence-electron chi connectivity index (χ1n) is 13.8. The van der Waals surface area contributed by atoms with Gasteiger partial charge in [0.1, 0.15) is 18.5 Å². The second-order valence-electron chi connectivity index (χ2n) is 11.3. The van der Waals surface area contributed by atoms with E-state index in [-0.39, 0.29) is 6.61 Å². The fourth-order valence-corrected chi connectivity index (χ4v) is 4.75. The Morgan fingerprint density at radius 3 is 2.37 bits per heavy atom. The molecule has 1 N–H and O–H groups in total. The first-order valence-corrected chi connectivity index (χ1v) is 13.8. The number of aromatic nitrogens is 3. The molecule has 0 bridgehead atoms. The van der Waals surface area contributed by atoms with Gasteiger partial charge in [0, 0.05) is 41.2 Å². The monoisotopic (exact) mass is 548 g/mol. The molecule has 5 aromatic rings. The van der Waals surface area contributed by atoms with E-state index >= 15 is 0 Å². The van der Waals surface area contributed by atoms with Crippen LogP contribution in [0.5, 0.6) is 5.75 Å². The molecule has 0 aliphatic rings. The highest BCUT2D eigenvalue weighted by molar-refractivity contribution is 5.90. The summed E-state index contributed by atoms with van der Waals surface area (Å²) in [4.78, 5) is 17.5. The number of pyridine rings is 1. The molecule has 2 aromatic heterocycles. The van der Waals surface area contributed by atoms with Gasteiger partial charge in [0.25, 0.3) is 0 Å². The van der Waals surface area contributed by atoms with Gasteiger partial charge in [0.05, 0.1) is 17.4 Å². The molecule has 0 saturated heterocycles. The molecule has 0 aliphatic heterocycles. The summed E-state index contributed by atoms with van der Waals surface area (Å²) in [5.41, 5.74) is 6.54. The minimum absolute atomic E-state index is 0.180. The fraction of sp³-hybridized carbons (Fsp3) is 0.265. The van der Waals surface area contributed by atoms with Crippen LogP contribution in [0, 0.1) is 6.92 Å². The van der Waals surface area contributed by atoms with E-state index in [0.717, 1.165) is 44.5 Å². The van der Waals surface area contributed by atoms with Crippen molar-refractivity contribution in [1.29, 1.82) is 0 Å². The van der Waals surface area contributed by atoms with Gasteiger partial charge in [0.2, 0.25) is 0 Å². The quantitative estimate of drug-likeness (QED) is 0.223. The lowest BCUT2D eigenvalue weighted by molar-refractivity contribution is 0.0608. The average molecular weight is 549 g/mol. The van der Waals surface area contributed by atoms with Gasteiger partial charge in [-0.2, -0.15) is 5.10 Å². The van der Waals surface area contributed by atoms with Gasteiger partial charge in [-0.15, -0.1) is 0 Å². The number of nitrogens with one attached hydrogen (secondary N) is 1. The highest BCUT2D eigenvalue weighted by atomic mass is 16.6. The van der Waals surface area contributed by atoms with Gasteiger partial charge in [-0.3, -0.25) is 9.67 Å². The normalized spacial score (nSPS) is 12.2. The molecule has 0 aliphatic carbocycles. The van der Waals surface area contributed by atoms with Gasteiger partial charge in [-0.25, -0.2) is 4.79 Å². The number of benzene rings is 3. The van der Waals surface area contributed by atoms with Crippen molar-refractivity contribution in [3.05, 3.63) is 102 Å². The SMILES string of the molecule is Cc1c2cc(-c3cc(OC[C@H](Cc4ccccc4)OC(=O)NC(C)(C)C)cnc3-c3ccccc3)ccc2nn1C. The largest absolute Gasteiger partial charge is 0.488 e. The number of aryl methyl sites for hydroxylation is 2. The standard InChI is InChI=1S/C34H36N4O3/c1-23-29-19-26(16-17-31(29)37-38(23)5)30-20-27(21-35-32(30)25-14-10-7-11-15-25)40-22-28(18-24-12-8-6-9-13-24)41-33(39)36-34(2,3)4/h6-17,19-21,28H,18,22H2,1-5H3,(H,36,39)/t28-/m0/s1. The number of carbonyl (C=O) groups excluding carboxylic acids is 1. The number of hydrogen-bond donors (Lipinski definition) is 1. The van der Waals surface area contributed by atoms with Gasteiger partial charge in [-0.05, 0) is 57.0 Å². The number of fused-ring (bicyclic) bond motifs is 1. The lowest BCUT2D eigenvalue weighted by Crippen LogP contribution is -2.43. The number of alkyl carbamates (subject to hydrolysis) is 1. The topological polar surface area (TPSA) is 78.3 Å². The number of amides is 1. The molecule has 5 rings (SSSR count). The Kier molecular flexibility index (Phi) is 8.06. The summed E-state index contributed by atoms with van der Waals surface area (Å²) in [5, 5.41) is 8.57. The van der Waals surface area contributed by atoms with Crippen LogP contribution >= 0.6 is 0 Å². The molecular formula is C34H36N4O3. The Hall–Kier alpha value is -4.65. The van der Waals surface area contributed by atoms with Crippen molar-refractivity contribution in [2.24, 2.45) is 7.05 Å². The second-order valence-corrected chi connectivity index (χ2v) is 11.3. The summed E-state index contributed by atoms with van der Waals surface area (Å²) < 4.78 is 14.0. The highest BCUT2D eigenvalue weighted by Crippen LogP contribution is 2.35. The summed E-state index contributed by atoms with van der Waals surface area (Å²) >= 11 is 0. The van der Waals surface area contributed by atoms with Crippen molar-refractivity contribution in [2.45, 2.75) is 45.8 Å². The molecule has 0 radical (unpaired) electrons. The number of hydrogen-bond acceptors (Lipinski definition) is 5. The summed E-state index contributed by atoms with van der Waals surface area (Å²) in [6.07, 6.45) is 1.29. The molecule has 1 amide bonds. The van der Waals surface area contributed by atoms with Crippen LogP contribution in [0.2, 0.25) is 0 Å². The van der Waals surface area contributed by atoms with E-state index in [0.29, 0.717) is 12.2 Å². The van der Waals surface area contributed by atoms with E-state index in [2.05, 4.69) is 41.6 Å². The highest BCUT2D eigenvalue weighted by Gasteiger charge is 2.21. The second kappa shape index (κ2) is 11.8. The fourth-order valence-electron chi connectivity index (χ4n) is 4.75. The van der Waals surface area contributed by atoms with Crippen molar-refractivity contribution in [3.63, 3.8) is 0 Å². The predicted octanol–water partition coefficient (Wildman–Crippen LogP) is 7.13. The lowest BCUT2D eigenvalue weighted by Gasteiger charge is -2.24. The molecule has 2 heterocycles. The number of carbonyl (C=O) groups is 1. The van der Waals surface area contributed by atoms with Crippen LogP contribution in [0.3, 0.4) is 0 Å². The number of ether oxygens (including phenoxy) is 2. The third kappa shape index (κ3) is 6.92. The Bertz CT molecular complexity index is 1640. The molecule has 7 heteroatoms. The maximum atomic E-state index is 12.6. The minimum Gasteiger partial charge on any atom is -0.488 e. The summed E-state index contributed by atoms with van der Waals surface area (Å²) in [6, 6.07) is 28.3. The summed E-state index contributed by atoms with van der Waals surface area (Å²) in [5.74, 6) is 0.598. The molecular weight excluding hydrogens is 512 g/mol. The van der Waals surface area contributed by atoms with Crippen LogP contribution < -0.4 is 10.1 Å². The predicted molar refractivity (Wildman–Crippen MR) is 163 cm³/mol. The summed E-state index contributed by atoms with van der Waals surface area (Å²) in [6.45, 7) is 8.01. The van der Waals surface area contributed by atoms with Crippen molar-refractivity contribution in [3.8, 4) is 28.1 Å². The first kappa shape index (κ1) is 27.9. The van der Waals surface area contributed by atoms with Gasteiger partial charge < -0.3 is 14.8 Å². The van der Waals surface area contributed by atoms with E-state index in [1.54, 1.807) is 6.20 Å². The number of rotatable bonds is 8.